The van der Waals surface area contributed by atoms with Gasteiger partial charge in [0.15, 0.2) is 10.9 Å². The van der Waals surface area contributed by atoms with E-state index in [1.54, 1.807) is 24.3 Å². The number of carbonyl (C=O) groups is 2. The molecular weight excluding hydrogens is 470 g/mol. The van der Waals surface area contributed by atoms with E-state index in [9.17, 15) is 18.0 Å². The molecule has 9 heteroatoms. The van der Waals surface area contributed by atoms with Crippen LogP contribution in [0.1, 0.15) is 27.0 Å². The monoisotopic (exact) mass is 491 g/mol. The predicted octanol–water partition coefficient (Wildman–Crippen LogP) is 5.09. The molecule has 4 aromatic rings. The van der Waals surface area contributed by atoms with E-state index in [0.717, 1.165) is 16.9 Å². The van der Waals surface area contributed by atoms with E-state index in [4.69, 9.17) is 0 Å². The minimum absolute atomic E-state index is 0.0647. The van der Waals surface area contributed by atoms with Gasteiger partial charge in [-0.15, -0.1) is 0 Å². The molecule has 0 saturated carbocycles. The number of para-hydroxylation sites is 1. The first-order valence-corrected chi connectivity index (χ1v) is 12.6. The molecule has 0 aliphatic carbocycles. The predicted molar refractivity (Wildman–Crippen MR) is 134 cm³/mol. The number of benzene rings is 3. The van der Waals surface area contributed by atoms with Crippen molar-refractivity contribution in [1.29, 1.82) is 0 Å². The van der Waals surface area contributed by atoms with E-state index in [-0.39, 0.29) is 21.4 Å². The number of carbonyl (C=O) groups excluding carboxylic acids is 2. The number of hydrogen-bond donors (Lipinski definition) is 1. The van der Waals surface area contributed by atoms with Gasteiger partial charge in [-0.1, -0.05) is 59.9 Å². The highest BCUT2D eigenvalue weighted by Crippen LogP contribution is 2.32. The van der Waals surface area contributed by atoms with Crippen molar-refractivity contribution in [2.75, 3.05) is 16.7 Å². The Balaban J connectivity index is 1.54. The molecule has 0 atom stereocenters. The highest BCUT2D eigenvalue weighted by molar-refractivity contribution is 7.92. The Bertz CT molecular complexity index is 1430. The standard InChI is InChI=1S/C25H21N3O4S2/c1-17(29)23-22(18-9-5-3-6-10-18)26-25(33-23)27-24(30)19-13-15-21(16-14-19)34(31,32)28(2)20-11-7-4-8-12-20/h3-16H,1-2H3,(H,26,27,30). The van der Waals surface area contributed by atoms with Crippen LogP contribution in [0.3, 0.4) is 0 Å². The summed E-state index contributed by atoms with van der Waals surface area (Å²) in [4.78, 5) is 29.8. The number of anilines is 2. The number of nitrogens with zero attached hydrogens (tertiary/aromatic N) is 2. The molecule has 0 spiro atoms. The third-order valence-corrected chi connectivity index (χ3v) is 7.98. The summed E-state index contributed by atoms with van der Waals surface area (Å²) in [6.07, 6.45) is 0. The summed E-state index contributed by atoms with van der Waals surface area (Å²) >= 11 is 1.10. The lowest BCUT2D eigenvalue weighted by molar-refractivity contribution is 0.101. The zero-order valence-corrected chi connectivity index (χ0v) is 20.1. The Morgan fingerprint density at radius 2 is 1.47 bits per heavy atom. The van der Waals surface area contributed by atoms with Gasteiger partial charge in [-0.2, -0.15) is 0 Å². The number of ketones is 1. The SMILES string of the molecule is CC(=O)c1sc(NC(=O)c2ccc(S(=O)(=O)N(C)c3ccccc3)cc2)nc1-c1ccccc1. The second-order valence-corrected chi connectivity index (χ2v) is 10.4. The molecule has 0 radical (unpaired) electrons. The van der Waals surface area contributed by atoms with Crippen molar-refractivity contribution in [3.8, 4) is 11.3 Å². The summed E-state index contributed by atoms with van der Waals surface area (Å²) in [7, 11) is -2.31. The normalized spacial score (nSPS) is 11.1. The zero-order chi connectivity index (χ0) is 24.3. The number of amides is 1. The van der Waals surface area contributed by atoms with Gasteiger partial charge < -0.3 is 0 Å². The van der Waals surface area contributed by atoms with E-state index in [2.05, 4.69) is 10.3 Å². The number of Topliss-reactive ketones (excluding diaryl/α,β-unsaturated/α-hetero) is 1. The average Bonchev–Trinajstić information content (AvgIpc) is 3.29. The van der Waals surface area contributed by atoms with Crippen molar-refractivity contribution in [3.63, 3.8) is 0 Å². The summed E-state index contributed by atoms with van der Waals surface area (Å²) < 4.78 is 27.0. The second-order valence-electron chi connectivity index (χ2n) is 7.41. The minimum Gasteiger partial charge on any atom is -0.298 e. The molecule has 0 bridgehead atoms. The van der Waals surface area contributed by atoms with Gasteiger partial charge in [0, 0.05) is 25.1 Å². The van der Waals surface area contributed by atoms with E-state index in [1.165, 1.54) is 42.5 Å². The Hall–Kier alpha value is -3.82. The molecule has 0 unspecified atom stereocenters. The number of sulfonamides is 1. The van der Waals surface area contributed by atoms with Crippen LogP contribution < -0.4 is 9.62 Å². The molecule has 34 heavy (non-hydrogen) atoms. The zero-order valence-electron chi connectivity index (χ0n) is 18.4. The maximum absolute atomic E-state index is 12.9. The van der Waals surface area contributed by atoms with E-state index in [1.807, 2.05) is 36.4 Å². The lowest BCUT2D eigenvalue weighted by atomic mass is 10.1. The average molecular weight is 492 g/mol. The highest BCUT2D eigenvalue weighted by Gasteiger charge is 2.22. The van der Waals surface area contributed by atoms with Crippen molar-refractivity contribution in [1.82, 2.24) is 4.98 Å². The van der Waals surface area contributed by atoms with Crippen LogP contribution in [-0.4, -0.2) is 32.1 Å². The van der Waals surface area contributed by atoms with Gasteiger partial charge in [0.25, 0.3) is 15.9 Å². The van der Waals surface area contributed by atoms with Gasteiger partial charge in [-0.25, -0.2) is 13.4 Å². The van der Waals surface area contributed by atoms with Crippen LogP contribution in [0.25, 0.3) is 11.3 Å². The fraction of sp³-hybridized carbons (Fsp3) is 0.0800. The smallest absolute Gasteiger partial charge is 0.264 e. The number of aromatic nitrogens is 1. The van der Waals surface area contributed by atoms with Crippen LogP contribution in [0.2, 0.25) is 0 Å². The largest absolute Gasteiger partial charge is 0.298 e. The van der Waals surface area contributed by atoms with Crippen molar-refractivity contribution in [2.45, 2.75) is 11.8 Å². The van der Waals surface area contributed by atoms with Crippen LogP contribution in [0.15, 0.2) is 89.8 Å². The van der Waals surface area contributed by atoms with Gasteiger partial charge >= 0.3 is 0 Å². The van der Waals surface area contributed by atoms with Gasteiger partial charge in [0.05, 0.1) is 21.2 Å². The Kier molecular flexibility index (Phi) is 6.58. The van der Waals surface area contributed by atoms with Crippen molar-refractivity contribution < 1.29 is 18.0 Å². The number of hydrogen-bond acceptors (Lipinski definition) is 6. The first kappa shape index (κ1) is 23.3. The Morgan fingerprint density at radius 1 is 0.882 bits per heavy atom. The molecule has 3 aromatic carbocycles. The molecule has 1 amide bonds. The van der Waals surface area contributed by atoms with Crippen LogP contribution >= 0.6 is 11.3 Å². The third-order valence-electron chi connectivity index (χ3n) is 5.11. The molecule has 1 heterocycles. The van der Waals surface area contributed by atoms with Crippen molar-refractivity contribution in [3.05, 3.63) is 95.4 Å². The third kappa shape index (κ3) is 4.75. The molecule has 0 fully saturated rings. The fourth-order valence-electron chi connectivity index (χ4n) is 3.29. The van der Waals surface area contributed by atoms with Crippen LogP contribution in [0.4, 0.5) is 10.8 Å². The topological polar surface area (TPSA) is 96.4 Å². The molecule has 0 saturated heterocycles. The fourth-order valence-corrected chi connectivity index (χ4v) is 5.36. The molecular formula is C25H21N3O4S2. The lowest BCUT2D eigenvalue weighted by Gasteiger charge is -2.19. The number of nitrogens with one attached hydrogen (secondary N) is 1. The summed E-state index contributed by atoms with van der Waals surface area (Å²) in [6, 6.07) is 23.7. The lowest BCUT2D eigenvalue weighted by Crippen LogP contribution is -2.26. The van der Waals surface area contributed by atoms with Gasteiger partial charge in [0.1, 0.15) is 0 Å². The van der Waals surface area contributed by atoms with E-state index < -0.39 is 15.9 Å². The molecule has 7 nitrogen and oxygen atoms in total. The summed E-state index contributed by atoms with van der Waals surface area (Å²) in [5.41, 5.74) is 2.09. The van der Waals surface area contributed by atoms with Crippen LogP contribution in [0, 0.1) is 0 Å². The van der Waals surface area contributed by atoms with Crippen molar-refractivity contribution >= 4 is 43.9 Å². The quantitative estimate of drug-likeness (QED) is 0.363. The molecule has 0 aliphatic heterocycles. The number of rotatable bonds is 7. The summed E-state index contributed by atoms with van der Waals surface area (Å²) in [6.45, 7) is 1.46. The first-order chi connectivity index (χ1) is 16.3. The van der Waals surface area contributed by atoms with Crippen molar-refractivity contribution in [2.24, 2.45) is 0 Å². The molecule has 0 aliphatic rings. The maximum atomic E-state index is 12.9. The van der Waals surface area contributed by atoms with E-state index in [0.29, 0.717) is 16.3 Å². The van der Waals surface area contributed by atoms with Gasteiger partial charge in [-0.05, 0) is 36.4 Å². The first-order valence-electron chi connectivity index (χ1n) is 10.3. The van der Waals surface area contributed by atoms with Gasteiger partial charge in [0.2, 0.25) is 0 Å². The maximum Gasteiger partial charge on any atom is 0.264 e. The number of thiazole rings is 1. The summed E-state index contributed by atoms with van der Waals surface area (Å²) in [5.74, 6) is -0.599. The van der Waals surface area contributed by atoms with Crippen LogP contribution in [0.5, 0.6) is 0 Å². The Labute approximate surface area is 201 Å². The minimum atomic E-state index is -3.78. The van der Waals surface area contributed by atoms with Crippen LogP contribution in [-0.2, 0) is 10.0 Å². The molecule has 4 rings (SSSR count). The van der Waals surface area contributed by atoms with E-state index >= 15 is 0 Å². The summed E-state index contributed by atoms with van der Waals surface area (Å²) in [5, 5.41) is 2.99. The Morgan fingerprint density at radius 3 is 2.06 bits per heavy atom. The molecule has 1 aromatic heterocycles. The highest BCUT2D eigenvalue weighted by atomic mass is 32.2. The second kappa shape index (κ2) is 9.58. The van der Waals surface area contributed by atoms with Gasteiger partial charge in [-0.3, -0.25) is 19.2 Å². The molecule has 1 N–H and O–H groups in total. The molecule has 172 valence electrons.